The maximum atomic E-state index is 5.77. The third-order valence-corrected chi connectivity index (χ3v) is 4.14. The van der Waals surface area contributed by atoms with Gasteiger partial charge in [0, 0.05) is 18.7 Å². The van der Waals surface area contributed by atoms with E-state index in [0.29, 0.717) is 25.0 Å². The van der Waals surface area contributed by atoms with Crippen molar-refractivity contribution >= 4 is 0 Å². The number of piperidine rings is 1. The molecule has 4 nitrogen and oxygen atoms in total. The van der Waals surface area contributed by atoms with E-state index in [1.807, 2.05) is 18.2 Å². The first kappa shape index (κ1) is 15.8. The Hall–Kier alpha value is -2.07. The normalized spacial score (nSPS) is 15.3. The van der Waals surface area contributed by atoms with Crippen LogP contribution in [0.15, 0.2) is 48.7 Å². The van der Waals surface area contributed by atoms with Crippen LogP contribution in [0, 0.1) is 0 Å². The Morgan fingerprint density at radius 2 is 1.74 bits per heavy atom. The Bertz CT molecular complexity index is 566. The van der Waals surface area contributed by atoms with Crippen LogP contribution >= 0.6 is 0 Å². The second-order valence-corrected chi connectivity index (χ2v) is 5.81. The highest BCUT2D eigenvalue weighted by Gasteiger charge is 2.14. The molecule has 23 heavy (non-hydrogen) atoms. The zero-order chi connectivity index (χ0) is 15.7. The van der Waals surface area contributed by atoms with Crippen molar-refractivity contribution in [2.75, 3.05) is 26.3 Å². The smallest absolute Gasteiger partial charge is 0.213 e. The Kier molecular flexibility index (Phi) is 5.87. The minimum Gasteiger partial charge on any atom is -0.493 e. The van der Waals surface area contributed by atoms with Gasteiger partial charge in [0.1, 0.15) is 5.75 Å². The molecule has 0 atom stereocenters. The lowest BCUT2D eigenvalue weighted by Gasteiger charge is -2.23. The van der Waals surface area contributed by atoms with Crippen LogP contribution < -0.4 is 14.8 Å². The molecule has 0 unspecified atom stereocenters. The van der Waals surface area contributed by atoms with Gasteiger partial charge < -0.3 is 14.8 Å². The van der Waals surface area contributed by atoms with Crippen LogP contribution in [0.2, 0.25) is 0 Å². The molecule has 0 saturated carbocycles. The fraction of sp³-hybridized carbons (Fsp3) is 0.421. The molecular weight excluding hydrogens is 288 g/mol. The van der Waals surface area contributed by atoms with Crippen LogP contribution in [0.5, 0.6) is 11.6 Å². The Labute approximate surface area is 137 Å². The standard InChI is InChI=1S/C19H24N2O2/c1-2-11-21-19(4-1)23-15-3-14-22-18-7-5-16(6-8-18)17-9-12-20-13-10-17/h1-2,4-8,11,17,20H,3,9-10,12-15H2. The molecule has 3 rings (SSSR count). The van der Waals surface area contributed by atoms with Crippen LogP contribution in [0.1, 0.15) is 30.7 Å². The molecule has 122 valence electrons. The zero-order valence-corrected chi connectivity index (χ0v) is 13.4. The molecule has 4 heteroatoms. The summed E-state index contributed by atoms with van der Waals surface area (Å²) in [4.78, 5) is 4.12. The molecule has 1 N–H and O–H groups in total. The first-order valence-electron chi connectivity index (χ1n) is 8.39. The summed E-state index contributed by atoms with van der Waals surface area (Å²) in [7, 11) is 0. The lowest BCUT2D eigenvalue weighted by molar-refractivity contribution is 0.242. The van der Waals surface area contributed by atoms with Crippen molar-refractivity contribution in [1.82, 2.24) is 10.3 Å². The van der Waals surface area contributed by atoms with E-state index in [-0.39, 0.29) is 0 Å². The van der Waals surface area contributed by atoms with Crippen LogP contribution in [0.3, 0.4) is 0 Å². The average molecular weight is 312 g/mol. The maximum absolute atomic E-state index is 5.77. The van der Waals surface area contributed by atoms with Gasteiger partial charge in [-0.3, -0.25) is 0 Å². The summed E-state index contributed by atoms with van der Waals surface area (Å²) in [6.45, 7) is 3.52. The number of nitrogens with zero attached hydrogens (tertiary/aromatic N) is 1. The Morgan fingerprint density at radius 3 is 2.48 bits per heavy atom. The van der Waals surface area contributed by atoms with Crippen molar-refractivity contribution in [3.63, 3.8) is 0 Å². The maximum Gasteiger partial charge on any atom is 0.213 e. The molecule has 2 aromatic rings. The monoisotopic (exact) mass is 312 g/mol. The van der Waals surface area contributed by atoms with E-state index in [1.54, 1.807) is 6.20 Å². The summed E-state index contributed by atoms with van der Waals surface area (Å²) in [5, 5.41) is 3.41. The third-order valence-electron chi connectivity index (χ3n) is 4.14. The highest BCUT2D eigenvalue weighted by Crippen LogP contribution is 2.26. The molecule has 1 aliphatic heterocycles. The number of pyridine rings is 1. The second kappa shape index (κ2) is 8.53. The van der Waals surface area contributed by atoms with Gasteiger partial charge in [0.25, 0.3) is 0 Å². The summed E-state index contributed by atoms with van der Waals surface area (Å²) in [5.41, 5.74) is 1.43. The van der Waals surface area contributed by atoms with Crippen molar-refractivity contribution in [2.24, 2.45) is 0 Å². The summed E-state index contributed by atoms with van der Waals surface area (Å²) in [6.07, 6.45) is 5.03. The lowest BCUT2D eigenvalue weighted by atomic mass is 9.90. The predicted molar refractivity (Wildman–Crippen MR) is 91.1 cm³/mol. The Balaban J connectivity index is 1.37. The first-order valence-corrected chi connectivity index (χ1v) is 8.39. The highest BCUT2D eigenvalue weighted by atomic mass is 16.5. The molecule has 0 radical (unpaired) electrons. The van der Waals surface area contributed by atoms with Gasteiger partial charge in [-0.2, -0.15) is 0 Å². The zero-order valence-electron chi connectivity index (χ0n) is 13.4. The van der Waals surface area contributed by atoms with E-state index in [1.165, 1.54) is 18.4 Å². The molecule has 0 amide bonds. The summed E-state index contributed by atoms with van der Waals surface area (Å²) < 4.78 is 11.3. The highest BCUT2D eigenvalue weighted by molar-refractivity contribution is 5.29. The van der Waals surface area contributed by atoms with Gasteiger partial charge >= 0.3 is 0 Å². The Morgan fingerprint density at radius 1 is 0.957 bits per heavy atom. The predicted octanol–water partition coefficient (Wildman–Crippen LogP) is 3.40. The van der Waals surface area contributed by atoms with Crippen molar-refractivity contribution in [3.8, 4) is 11.6 Å². The number of rotatable bonds is 7. The molecule has 1 aromatic heterocycles. The minimum atomic E-state index is 0.615. The fourth-order valence-corrected chi connectivity index (χ4v) is 2.85. The lowest BCUT2D eigenvalue weighted by Crippen LogP contribution is -2.26. The van der Waals surface area contributed by atoms with Crippen molar-refractivity contribution in [2.45, 2.75) is 25.2 Å². The van der Waals surface area contributed by atoms with Gasteiger partial charge in [-0.15, -0.1) is 0 Å². The number of benzene rings is 1. The molecule has 2 heterocycles. The quantitative estimate of drug-likeness (QED) is 0.796. The molecule has 1 fully saturated rings. The topological polar surface area (TPSA) is 43.4 Å². The van der Waals surface area contributed by atoms with Crippen LogP contribution in [0.4, 0.5) is 0 Å². The molecule has 1 aromatic carbocycles. The molecule has 0 spiro atoms. The molecule has 0 aliphatic carbocycles. The van der Waals surface area contributed by atoms with Crippen LogP contribution in [-0.2, 0) is 0 Å². The second-order valence-electron chi connectivity index (χ2n) is 5.81. The SMILES string of the molecule is c1ccc(OCCCOc2ccc(C3CCNCC3)cc2)nc1. The van der Waals surface area contributed by atoms with E-state index in [4.69, 9.17) is 9.47 Å². The molecular formula is C19H24N2O2. The number of nitrogens with one attached hydrogen (secondary N) is 1. The van der Waals surface area contributed by atoms with E-state index in [0.717, 1.165) is 25.3 Å². The van der Waals surface area contributed by atoms with Gasteiger partial charge in [-0.05, 0) is 55.6 Å². The van der Waals surface area contributed by atoms with Gasteiger partial charge in [-0.1, -0.05) is 18.2 Å². The van der Waals surface area contributed by atoms with Crippen molar-refractivity contribution in [1.29, 1.82) is 0 Å². The summed E-state index contributed by atoms with van der Waals surface area (Å²) in [6, 6.07) is 14.2. The largest absolute Gasteiger partial charge is 0.493 e. The van der Waals surface area contributed by atoms with Crippen molar-refractivity contribution < 1.29 is 9.47 Å². The van der Waals surface area contributed by atoms with Crippen molar-refractivity contribution in [3.05, 3.63) is 54.2 Å². The summed E-state index contributed by atoms with van der Waals surface area (Å²) >= 11 is 0. The van der Waals surface area contributed by atoms with E-state index < -0.39 is 0 Å². The number of ether oxygens (including phenoxy) is 2. The molecule has 0 bridgehead atoms. The van der Waals surface area contributed by atoms with Crippen LogP contribution in [-0.4, -0.2) is 31.3 Å². The number of hydrogen-bond acceptors (Lipinski definition) is 4. The third kappa shape index (κ3) is 4.96. The van der Waals surface area contributed by atoms with Gasteiger partial charge in [0.15, 0.2) is 0 Å². The fourth-order valence-electron chi connectivity index (χ4n) is 2.85. The number of hydrogen-bond donors (Lipinski definition) is 1. The minimum absolute atomic E-state index is 0.615. The van der Waals surface area contributed by atoms with E-state index in [2.05, 4.69) is 34.6 Å². The van der Waals surface area contributed by atoms with Gasteiger partial charge in [0.05, 0.1) is 13.2 Å². The first-order chi connectivity index (χ1) is 11.4. The molecule has 1 aliphatic rings. The van der Waals surface area contributed by atoms with Crippen LogP contribution in [0.25, 0.3) is 0 Å². The summed E-state index contributed by atoms with van der Waals surface area (Å²) in [5.74, 6) is 2.29. The van der Waals surface area contributed by atoms with E-state index >= 15 is 0 Å². The van der Waals surface area contributed by atoms with Gasteiger partial charge in [0.2, 0.25) is 5.88 Å². The van der Waals surface area contributed by atoms with E-state index in [9.17, 15) is 0 Å². The average Bonchev–Trinajstić information content (AvgIpc) is 2.64. The molecule has 1 saturated heterocycles. The van der Waals surface area contributed by atoms with Gasteiger partial charge in [-0.25, -0.2) is 4.98 Å². The number of aromatic nitrogens is 1.